The van der Waals surface area contributed by atoms with Crippen molar-refractivity contribution in [2.75, 3.05) is 4.90 Å². The van der Waals surface area contributed by atoms with Crippen molar-refractivity contribution in [2.24, 2.45) is 0 Å². The normalized spacial score (nSPS) is 15.8. The maximum absolute atomic E-state index is 13.1. The summed E-state index contributed by atoms with van der Waals surface area (Å²) in [6.45, 7) is 5.94. The average molecular weight is 473 g/mol. The SMILES string of the molecule is CCc1ccc(N2C(=O)/C(=C/c3ccc(OC(C)C)c(Br)c3)C(=O)NC2=S)cc1. The van der Waals surface area contributed by atoms with Gasteiger partial charge >= 0.3 is 0 Å². The molecule has 0 unspecified atom stereocenters. The van der Waals surface area contributed by atoms with Crippen LogP contribution in [0.2, 0.25) is 0 Å². The Morgan fingerprint density at radius 2 is 1.86 bits per heavy atom. The van der Waals surface area contributed by atoms with E-state index >= 15 is 0 Å². The van der Waals surface area contributed by atoms with Gasteiger partial charge in [0.1, 0.15) is 11.3 Å². The van der Waals surface area contributed by atoms with Gasteiger partial charge in [0.15, 0.2) is 5.11 Å². The second-order valence-electron chi connectivity index (χ2n) is 6.83. The first kappa shape index (κ1) is 21.2. The first-order chi connectivity index (χ1) is 13.8. The third kappa shape index (κ3) is 4.74. The fourth-order valence-electron chi connectivity index (χ4n) is 2.90. The van der Waals surface area contributed by atoms with E-state index in [0.717, 1.165) is 16.5 Å². The number of benzene rings is 2. The first-order valence-corrected chi connectivity index (χ1v) is 10.5. The van der Waals surface area contributed by atoms with Gasteiger partial charge in [0, 0.05) is 0 Å². The summed E-state index contributed by atoms with van der Waals surface area (Å²) in [4.78, 5) is 26.9. The third-order valence-electron chi connectivity index (χ3n) is 4.33. The summed E-state index contributed by atoms with van der Waals surface area (Å²) in [7, 11) is 0. The molecule has 2 amide bonds. The predicted molar refractivity (Wildman–Crippen MR) is 122 cm³/mol. The van der Waals surface area contributed by atoms with Crippen LogP contribution in [0.15, 0.2) is 52.5 Å². The van der Waals surface area contributed by atoms with E-state index in [1.165, 1.54) is 4.90 Å². The number of rotatable bonds is 5. The molecule has 1 fully saturated rings. The van der Waals surface area contributed by atoms with E-state index in [-0.39, 0.29) is 16.8 Å². The Labute approximate surface area is 183 Å². The van der Waals surface area contributed by atoms with Gasteiger partial charge in [-0.3, -0.25) is 19.8 Å². The van der Waals surface area contributed by atoms with Crippen LogP contribution >= 0.6 is 28.1 Å². The number of halogens is 1. The van der Waals surface area contributed by atoms with Gasteiger partial charge in [-0.15, -0.1) is 0 Å². The Kier molecular flexibility index (Phi) is 6.49. The summed E-state index contributed by atoms with van der Waals surface area (Å²) in [6, 6.07) is 12.9. The van der Waals surface area contributed by atoms with Crippen molar-refractivity contribution in [3.63, 3.8) is 0 Å². The molecular formula is C22H21BrN2O3S. The van der Waals surface area contributed by atoms with Crippen LogP contribution in [0.4, 0.5) is 5.69 Å². The fraction of sp³-hybridized carbons (Fsp3) is 0.227. The number of hydrogen-bond donors (Lipinski definition) is 1. The van der Waals surface area contributed by atoms with Crippen molar-refractivity contribution >= 4 is 56.8 Å². The minimum absolute atomic E-state index is 0.0163. The van der Waals surface area contributed by atoms with Gasteiger partial charge in [-0.25, -0.2) is 0 Å². The lowest BCUT2D eigenvalue weighted by Gasteiger charge is -2.29. The van der Waals surface area contributed by atoms with Gasteiger partial charge in [0.05, 0.1) is 16.3 Å². The van der Waals surface area contributed by atoms with Crippen molar-refractivity contribution in [3.8, 4) is 5.75 Å². The maximum atomic E-state index is 13.1. The zero-order valence-electron chi connectivity index (χ0n) is 16.4. The molecule has 0 aliphatic carbocycles. The maximum Gasteiger partial charge on any atom is 0.270 e. The highest BCUT2D eigenvalue weighted by Crippen LogP contribution is 2.29. The van der Waals surface area contributed by atoms with E-state index in [9.17, 15) is 9.59 Å². The van der Waals surface area contributed by atoms with Gasteiger partial charge in [0.2, 0.25) is 0 Å². The second-order valence-corrected chi connectivity index (χ2v) is 8.08. The van der Waals surface area contributed by atoms with E-state index < -0.39 is 11.8 Å². The monoisotopic (exact) mass is 472 g/mol. The number of thiocarbonyl (C=S) groups is 1. The summed E-state index contributed by atoms with van der Waals surface area (Å²) < 4.78 is 6.44. The van der Waals surface area contributed by atoms with E-state index in [2.05, 4.69) is 28.2 Å². The lowest BCUT2D eigenvalue weighted by atomic mass is 10.1. The lowest BCUT2D eigenvalue weighted by Crippen LogP contribution is -2.54. The number of hydrogen-bond acceptors (Lipinski definition) is 4. The van der Waals surface area contributed by atoms with E-state index in [4.69, 9.17) is 17.0 Å². The average Bonchev–Trinajstić information content (AvgIpc) is 2.67. The second kappa shape index (κ2) is 8.88. The molecule has 29 heavy (non-hydrogen) atoms. The van der Waals surface area contributed by atoms with Gasteiger partial charge in [-0.2, -0.15) is 0 Å². The number of amides is 2. The molecule has 0 saturated carbocycles. The number of ether oxygens (including phenoxy) is 1. The van der Waals surface area contributed by atoms with E-state index in [1.54, 1.807) is 24.3 Å². The van der Waals surface area contributed by atoms with Crippen LogP contribution in [0, 0.1) is 0 Å². The Morgan fingerprint density at radius 3 is 2.45 bits per heavy atom. The molecule has 5 nitrogen and oxygen atoms in total. The molecule has 0 aromatic heterocycles. The molecule has 150 valence electrons. The minimum Gasteiger partial charge on any atom is -0.490 e. The molecule has 1 aliphatic rings. The molecule has 1 heterocycles. The third-order valence-corrected chi connectivity index (χ3v) is 5.24. The molecule has 0 bridgehead atoms. The van der Waals surface area contributed by atoms with E-state index in [0.29, 0.717) is 17.0 Å². The van der Waals surface area contributed by atoms with Crippen LogP contribution in [0.3, 0.4) is 0 Å². The molecular weight excluding hydrogens is 452 g/mol. The number of nitrogens with one attached hydrogen (secondary N) is 1. The van der Waals surface area contributed by atoms with Gasteiger partial charge in [-0.05, 0) is 89.9 Å². The molecule has 1 aliphatic heterocycles. The molecule has 1 N–H and O–H groups in total. The van der Waals surface area contributed by atoms with Gasteiger partial charge in [0.25, 0.3) is 11.8 Å². The molecule has 1 saturated heterocycles. The van der Waals surface area contributed by atoms with Crippen molar-refractivity contribution in [1.29, 1.82) is 0 Å². The lowest BCUT2D eigenvalue weighted by molar-refractivity contribution is -0.122. The zero-order chi connectivity index (χ0) is 21.1. The Balaban J connectivity index is 1.93. The number of aryl methyl sites for hydroxylation is 1. The predicted octanol–water partition coefficient (Wildman–Crippen LogP) is 4.63. The summed E-state index contributed by atoms with van der Waals surface area (Å²) in [5.74, 6) is -0.276. The van der Waals surface area contributed by atoms with Crippen molar-refractivity contribution in [3.05, 3.63) is 63.6 Å². The first-order valence-electron chi connectivity index (χ1n) is 9.26. The molecule has 3 rings (SSSR count). The van der Waals surface area contributed by atoms with Crippen LogP contribution < -0.4 is 15.0 Å². The Morgan fingerprint density at radius 1 is 1.17 bits per heavy atom. The Bertz CT molecular complexity index is 1000. The smallest absolute Gasteiger partial charge is 0.270 e. The molecule has 7 heteroatoms. The van der Waals surface area contributed by atoms with Crippen molar-refractivity contribution in [2.45, 2.75) is 33.3 Å². The van der Waals surface area contributed by atoms with Crippen LogP contribution in [0.25, 0.3) is 6.08 Å². The standard InChI is InChI=1S/C22H21BrN2O3S/c1-4-14-5-8-16(9-6-14)25-21(27)17(20(26)24-22(25)29)11-15-7-10-19(18(23)12-15)28-13(2)3/h5-13H,4H2,1-3H3,(H,24,26,29)/b17-11+. The summed E-state index contributed by atoms with van der Waals surface area (Å²) in [5.41, 5.74) is 2.48. The molecule has 0 radical (unpaired) electrons. The minimum atomic E-state index is -0.514. The number of carbonyl (C=O) groups is 2. The number of nitrogens with zero attached hydrogens (tertiary/aromatic N) is 1. The molecule has 2 aromatic carbocycles. The van der Waals surface area contributed by atoms with Crippen LogP contribution in [0.5, 0.6) is 5.75 Å². The van der Waals surface area contributed by atoms with Crippen LogP contribution in [0.1, 0.15) is 31.9 Å². The van der Waals surface area contributed by atoms with Crippen LogP contribution in [-0.4, -0.2) is 23.0 Å². The number of anilines is 1. The number of carbonyl (C=O) groups excluding carboxylic acids is 2. The highest BCUT2D eigenvalue weighted by atomic mass is 79.9. The molecule has 0 spiro atoms. The fourth-order valence-corrected chi connectivity index (χ4v) is 3.67. The van der Waals surface area contributed by atoms with Gasteiger partial charge in [-0.1, -0.05) is 25.1 Å². The molecule has 0 atom stereocenters. The quantitative estimate of drug-likeness (QED) is 0.391. The summed E-state index contributed by atoms with van der Waals surface area (Å²) in [5, 5.41) is 2.67. The highest BCUT2D eigenvalue weighted by Gasteiger charge is 2.34. The van der Waals surface area contributed by atoms with Gasteiger partial charge < -0.3 is 4.74 Å². The molecule has 2 aromatic rings. The Hall–Kier alpha value is -2.51. The topological polar surface area (TPSA) is 58.6 Å². The van der Waals surface area contributed by atoms with E-state index in [1.807, 2.05) is 38.1 Å². The van der Waals surface area contributed by atoms with Crippen molar-refractivity contribution in [1.82, 2.24) is 5.32 Å². The summed E-state index contributed by atoms with van der Waals surface area (Å²) in [6.07, 6.45) is 2.48. The zero-order valence-corrected chi connectivity index (χ0v) is 18.8. The van der Waals surface area contributed by atoms with Crippen molar-refractivity contribution < 1.29 is 14.3 Å². The highest BCUT2D eigenvalue weighted by molar-refractivity contribution is 9.10. The van der Waals surface area contributed by atoms with Crippen LogP contribution in [-0.2, 0) is 16.0 Å². The summed E-state index contributed by atoms with van der Waals surface area (Å²) >= 11 is 8.71. The largest absolute Gasteiger partial charge is 0.490 e.